The summed E-state index contributed by atoms with van der Waals surface area (Å²) in [6.07, 6.45) is 6.61. The van der Waals surface area contributed by atoms with Crippen LogP contribution in [0.1, 0.15) is 52.4 Å². The normalized spacial score (nSPS) is 19.2. The van der Waals surface area contributed by atoms with Crippen molar-refractivity contribution >= 4 is 10.0 Å². The van der Waals surface area contributed by atoms with Gasteiger partial charge in [-0.25, -0.2) is 13.1 Å². The third kappa shape index (κ3) is 6.16. The maximum atomic E-state index is 11.9. The lowest BCUT2D eigenvalue weighted by molar-refractivity contribution is 0.423. The third-order valence-corrected chi connectivity index (χ3v) is 5.22. The average molecular weight is 276 g/mol. The van der Waals surface area contributed by atoms with Crippen LogP contribution in [0.3, 0.4) is 0 Å². The molecule has 0 amide bonds. The van der Waals surface area contributed by atoms with Gasteiger partial charge in [0, 0.05) is 6.04 Å². The first kappa shape index (κ1) is 15.9. The molecule has 0 aromatic rings. The average Bonchev–Trinajstić information content (AvgIpc) is 2.81. The van der Waals surface area contributed by atoms with Crippen LogP contribution >= 0.6 is 0 Å². The van der Waals surface area contributed by atoms with Gasteiger partial charge in [-0.2, -0.15) is 0 Å². The predicted molar refractivity (Wildman–Crippen MR) is 76.1 cm³/mol. The first-order valence-corrected chi connectivity index (χ1v) is 8.91. The third-order valence-electron chi connectivity index (χ3n) is 3.67. The van der Waals surface area contributed by atoms with Crippen LogP contribution in [0.4, 0.5) is 0 Å². The first-order chi connectivity index (χ1) is 8.55. The fourth-order valence-electron chi connectivity index (χ4n) is 2.58. The van der Waals surface area contributed by atoms with Crippen LogP contribution in [0.5, 0.6) is 0 Å². The van der Waals surface area contributed by atoms with E-state index in [1.54, 1.807) is 0 Å². The lowest BCUT2D eigenvalue weighted by Crippen LogP contribution is -2.39. The summed E-state index contributed by atoms with van der Waals surface area (Å²) in [5.74, 6) is 0.777. The molecule has 0 spiro atoms. The molecule has 1 rings (SSSR count). The zero-order valence-corrected chi connectivity index (χ0v) is 12.6. The fourth-order valence-corrected chi connectivity index (χ4v) is 3.99. The van der Waals surface area contributed by atoms with Gasteiger partial charge in [0.15, 0.2) is 0 Å². The van der Waals surface area contributed by atoms with Crippen molar-refractivity contribution in [2.75, 3.05) is 18.8 Å². The summed E-state index contributed by atoms with van der Waals surface area (Å²) in [5.41, 5.74) is 0. The Morgan fingerprint density at radius 3 is 2.50 bits per heavy atom. The molecule has 1 saturated carbocycles. The van der Waals surface area contributed by atoms with Crippen LogP contribution in [-0.2, 0) is 10.0 Å². The molecular weight excluding hydrogens is 248 g/mol. The number of rotatable bonds is 9. The molecule has 0 aromatic carbocycles. The van der Waals surface area contributed by atoms with Gasteiger partial charge in [-0.1, -0.05) is 19.8 Å². The Labute approximate surface area is 112 Å². The van der Waals surface area contributed by atoms with Crippen LogP contribution in [0, 0.1) is 5.92 Å². The number of hydrogen-bond donors (Lipinski definition) is 2. The van der Waals surface area contributed by atoms with E-state index in [9.17, 15) is 8.42 Å². The molecule has 0 saturated heterocycles. The van der Waals surface area contributed by atoms with Crippen molar-refractivity contribution in [3.8, 4) is 0 Å². The predicted octanol–water partition coefficient (Wildman–Crippen LogP) is 1.87. The fraction of sp³-hybridized carbons (Fsp3) is 1.00. The minimum absolute atomic E-state index is 0.0982. The minimum Gasteiger partial charge on any atom is -0.317 e. The molecule has 1 unspecified atom stereocenters. The van der Waals surface area contributed by atoms with E-state index < -0.39 is 10.0 Å². The van der Waals surface area contributed by atoms with Crippen LogP contribution < -0.4 is 10.0 Å². The highest BCUT2D eigenvalue weighted by molar-refractivity contribution is 7.89. The molecule has 108 valence electrons. The summed E-state index contributed by atoms with van der Waals surface area (Å²) in [7, 11) is -3.10. The highest BCUT2D eigenvalue weighted by atomic mass is 32.2. The van der Waals surface area contributed by atoms with Gasteiger partial charge in [-0.05, 0) is 51.6 Å². The summed E-state index contributed by atoms with van der Waals surface area (Å²) in [5, 5.41) is 3.22. The summed E-state index contributed by atoms with van der Waals surface area (Å²) < 4.78 is 26.6. The van der Waals surface area contributed by atoms with Crippen LogP contribution in [0.15, 0.2) is 0 Å². The molecule has 5 heteroatoms. The molecular formula is C13H28N2O2S. The molecule has 1 aliphatic carbocycles. The second-order valence-corrected chi connectivity index (χ2v) is 7.25. The van der Waals surface area contributed by atoms with Crippen molar-refractivity contribution in [2.24, 2.45) is 5.92 Å². The lowest BCUT2D eigenvalue weighted by atomic mass is 10.0. The monoisotopic (exact) mass is 276 g/mol. The molecule has 4 nitrogen and oxygen atoms in total. The van der Waals surface area contributed by atoms with Crippen molar-refractivity contribution in [1.82, 2.24) is 10.0 Å². The van der Waals surface area contributed by atoms with E-state index >= 15 is 0 Å². The molecule has 1 aliphatic rings. The van der Waals surface area contributed by atoms with E-state index in [0.717, 1.165) is 19.5 Å². The number of sulfonamides is 1. The summed E-state index contributed by atoms with van der Waals surface area (Å²) in [6.45, 7) is 5.86. The van der Waals surface area contributed by atoms with E-state index in [1.807, 2.05) is 6.92 Å². The second-order valence-electron chi connectivity index (χ2n) is 5.37. The van der Waals surface area contributed by atoms with Crippen LogP contribution in [0.2, 0.25) is 0 Å². The summed E-state index contributed by atoms with van der Waals surface area (Å²) in [6, 6.07) is 0.0982. The summed E-state index contributed by atoms with van der Waals surface area (Å²) in [4.78, 5) is 0. The Morgan fingerprint density at radius 1 is 1.22 bits per heavy atom. The van der Waals surface area contributed by atoms with Gasteiger partial charge in [-0.15, -0.1) is 0 Å². The van der Waals surface area contributed by atoms with Gasteiger partial charge in [0.2, 0.25) is 10.0 Å². The Bertz CT molecular complexity index is 311. The zero-order valence-electron chi connectivity index (χ0n) is 11.7. The quantitative estimate of drug-likeness (QED) is 0.632. The van der Waals surface area contributed by atoms with E-state index in [1.165, 1.54) is 25.7 Å². The van der Waals surface area contributed by atoms with Crippen molar-refractivity contribution in [3.05, 3.63) is 0 Å². The van der Waals surface area contributed by atoms with Crippen molar-refractivity contribution in [3.63, 3.8) is 0 Å². The molecule has 18 heavy (non-hydrogen) atoms. The highest BCUT2D eigenvalue weighted by Crippen LogP contribution is 2.27. The van der Waals surface area contributed by atoms with E-state index in [2.05, 4.69) is 17.0 Å². The molecule has 1 atom stereocenters. The molecule has 0 aliphatic heterocycles. The zero-order chi connectivity index (χ0) is 13.4. The van der Waals surface area contributed by atoms with E-state index in [-0.39, 0.29) is 11.8 Å². The van der Waals surface area contributed by atoms with Gasteiger partial charge >= 0.3 is 0 Å². The molecule has 2 N–H and O–H groups in total. The molecule has 0 heterocycles. The first-order valence-electron chi connectivity index (χ1n) is 7.26. The van der Waals surface area contributed by atoms with Gasteiger partial charge in [0.1, 0.15) is 0 Å². The topological polar surface area (TPSA) is 58.2 Å². The number of nitrogens with one attached hydrogen (secondary N) is 2. The van der Waals surface area contributed by atoms with Crippen LogP contribution in [0.25, 0.3) is 0 Å². The second kappa shape index (κ2) is 8.12. The minimum atomic E-state index is -3.10. The Kier molecular flexibility index (Phi) is 7.19. The highest BCUT2D eigenvalue weighted by Gasteiger charge is 2.24. The van der Waals surface area contributed by atoms with Crippen molar-refractivity contribution < 1.29 is 8.42 Å². The van der Waals surface area contributed by atoms with Crippen LogP contribution in [-0.4, -0.2) is 33.3 Å². The standard InChI is InChI=1S/C13H28N2O2S/c1-3-9-14-10-6-11-18(16,17)15-12(2)13-7-4-5-8-13/h12-15H,3-11H2,1-2H3. The molecule has 1 fully saturated rings. The van der Waals surface area contributed by atoms with E-state index in [0.29, 0.717) is 12.3 Å². The largest absolute Gasteiger partial charge is 0.317 e. The maximum Gasteiger partial charge on any atom is 0.211 e. The van der Waals surface area contributed by atoms with Gasteiger partial charge < -0.3 is 5.32 Å². The molecule has 0 radical (unpaired) electrons. The number of hydrogen-bond acceptors (Lipinski definition) is 3. The van der Waals surface area contributed by atoms with Gasteiger partial charge in [0.05, 0.1) is 5.75 Å². The van der Waals surface area contributed by atoms with E-state index in [4.69, 9.17) is 0 Å². The van der Waals surface area contributed by atoms with Gasteiger partial charge in [0.25, 0.3) is 0 Å². The smallest absolute Gasteiger partial charge is 0.211 e. The maximum absolute atomic E-state index is 11.9. The Balaban J connectivity index is 2.21. The Morgan fingerprint density at radius 2 is 1.89 bits per heavy atom. The summed E-state index contributed by atoms with van der Waals surface area (Å²) >= 11 is 0. The molecule has 0 bridgehead atoms. The van der Waals surface area contributed by atoms with Crippen molar-refractivity contribution in [2.45, 2.75) is 58.4 Å². The SMILES string of the molecule is CCCNCCCS(=O)(=O)NC(C)C1CCCC1. The van der Waals surface area contributed by atoms with Crippen molar-refractivity contribution in [1.29, 1.82) is 0 Å². The lowest BCUT2D eigenvalue weighted by Gasteiger charge is -2.20. The molecule has 0 aromatic heterocycles. The Hall–Kier alpha value is -0.130. The van der Waals surface area contributed by atoms with Gasteiger partial charge in [-0.3, -0.25) is 0 Å².